The first-order valence-electron chi connectivity index (χ1n) is 5.76. The van der Waals surface area contributed by atoms with Crippen molar-refractivity contribution >= 4 is 17.0 Å². The predicted octanol–water partition coefficient (Wildman–Crippen LogP) is -0.0285. The second-order valence-electron chi connectivity index (χ2n) is 4.47. The van der Waals surface area contributed by atoms with Crippen molar-refractivity contribution in [1.29, 1.82) is 0 Å². The SMILES string of the molecule is Cc1noc2ncn(CC(=O)NC3CC3)c(=O)c12. The summed E-state index contributed by atoms with van der Waals surface area (Å²) in [6.45, 7) is 1.65. The Bertz CT molecular complexity index is 668. The molecule has 0 radical (unpaired) electrons. The van der Waals surface area contributed by atoms with Crippen LogP contribution < -0.4 is 10.9 Å². The number of amides is 1. The Balaban J connectivity index is 1.91. The summed E-state index contributed by atoms with van der Waals surface area (Å²) in [5.74, 6) is -0.171. The predicted molar refractivity (Wildman–Crippen MR) is 62.0 cm³/mol. The molecule has 3 rings (SSSR count). The number of hydrogen-bond donors (Lipinski definition) is 1. The molecule has 2 heterocycles. The number of hydrogen-bond acceptors (Lipinski definition) is 5. The van der Waals surface area contributed by atoms with Crippen molar-refractivity contribution in [3.8, 4) is 0 Å². The first-order valence-corrected chi connectivity index (χ1v) is 5.76. The maximum atomic E-state index is 12.1. The van der Waals surface area contributed by atoms with E-state index in [4.69, 9.17) is 4.52 Å². The van der Waals surface area contributed by atoms with Crippen molar-refractivity contribution in [1.82, 2.24) is 20.0 Å². The third kappa shape index (κ3) is 1.87. The Kier molecular flexibility index (Phi) is 2.39. The average Bonchev–Trinajstić information content (AvgIpc) is 3.05. The molecule has 2 aromatic rings. The molecule has 0 unspecified atom stereocenters. The number of fused-ring (bicyclic) bond motifs is 1. The Morgan fingerprint density at radius 1 is 1.61 bits per heavy atom. The summed E-state index contributed by atoms with van der Waals surface area (Å²) in [5.41, 5.74) is 0.389. The molecule has 2 aromatic heterocycles. The summed E-state index contributed by atoms with van der Waals surface area (Å²) in [4.78, 5) is 27.7. The lowest BCUT2D eigenvalue weighted by atomic mass is 10.3. The molecular formula is C11H12N4O3. The van der Waals surface area contributed by atoms with E-state index >= 15 is 0 Å². The van der Waals surface area contributed by atoms with Crippen molar-refractivity contribution in [2.24, 2.45) is 0 Å². The Labute approximate surface area is 102 Å². The fourth-order valence-corrected chi connectivity index (χ4v) is 1.78. The zero-order chi connectivity index (χ0) is 12.7. The fourth-order valence-electron chi connectivity index (χ4n) is 1.78. The van der Waals surface area contributed by atoms with Gasteiger partial charge in [-0.3, -0.25) is 14.2 Å². The lowest BCUT2D eigenvalue weighted by Crippen LogP contribution is -2.33. The minimum atomic E-state index is -0.301. The summed E-state index contributed by atoms with van der Waals surface area (Å²) in [7, 11) is 0. The molecule has 0 bridgehead atoms. The Morgan fingerprint density at radius 2 is 2.39 bits per heavy atom. The van der Waals surface area contributed by atoms with Crippen molar-refractivity contribution < 1.29 is 9.32 Å². The number of carbonyl (C=O) groups excluding carboxylic acids is 1. The van der Waals surface area contributed by atoms with E-state index < -0.39 is 0 Å². The molecule has 1 aliphatic carbocycles. The molecule has 7 nitrogen and oxygen atoms in total. The van der Waals surface area contributed by atoms with E-state index in [2.05, 4.69) is 15.5 Å². The molecule has 18 heavy (non-hydrogen) atoms. The van der Waals surface area contributed by atoms with Gasteiger partial charge >= 0.3 is 0 Å². The second kappa shape index (κ2) is 3.94. The molecule has 1 aliphatic rings. The van der Waals surface area contributed by atoms with E-state index in [0.29, 0.717) is 11.1 Å². The van der Waals surface area contributed by atoms with Gasteiger partial charge in [0, 0.05) is 6.04 Å². The normalized spacial score (nSPS) is 14.9. The third-order valence-corrected chi connectivity index (χ3v) is 2.89. The van der Waals surface area contributed by atoms with Crippen LogP contribution in [0.3, 0.4) is 0 Å². The van der Waals surface area contributed by atoms with E-state index in [1.165, 1.54) is 10.9 Å². The minimum Gasteiger partial charge on any atom is -0.352 e. The summed E-state index contributed by atoms with van der Waals surface area (Å²) in [6, 6.07) is 0.280. The van der Waals surface area contributed by atoms with Gasteiger partial charge in [-0.25, -0.2) is 4.98 Å². The zero-order valence-electron chi connectivity index (χ0n) is 9.84. The van der Waals surface area contributed by atoms with Gasteiger partial charge < -0.3 is 9.84 Å². The maximum absolute atomic E-state index is 12.1. The highest BCUT2D eigenvalue weighted by molar-refractivity contribution is 5.77. The van der Waals surface area contributed by atoms with E-state index in [9.17, 15) is 9.59 Å². The second-order valence-corrected chi connectivity index (χ2v) is 4.47. The van der Waals surface area contributed by atoms with Crippen LogP contribution in [0.15, 0.2) is 15.6 Å². The van der Waals surface area contributed by atoms with Gasteiger partial charge in [-0.05, 0) is 19.8 Å². The number of nitrogens with one attached hydrogen (secondary N) is 1. The number of carbonyl (C=O) groups is 1. The highest BCUT2D eigenvalue weighted by atomic mass is 16.5. The summed E-state index contributed by atoms with van der Waals surface area (Å²) < 4.78 is 6.16. The largest absolute Gasteiger partial charge is 0.352 e. The fraction of sp³-hybridized carbons (Fsp3) is 0.455. The van der Waals surface area contributed by atoms with Crippen LogP contribution in [0.25, 0.3) is 11.1 Å². The molecular weight excluding hydrogens is 236 g/mol. The zero-order valence-corrected chi connectivity index (χ0v) is 9.84. The molecule has 1 amide bonds. The van der Waals surface area contributed by atoms with Crippen molar-refractivity contribution in [3.63, 3.8) is 0 Å². The van der Waals surface area contributed by atoms with Gasteiger partial charge in [-0.15, -0.1) is 0 Å². The molecule has 94 valence electrons. The van der Waals surface area contributed by atoms with Gasteiger partial charge in [0.25, 0.3) is 11.3 Å². The van der Waals surface area contributed by atoms with E-state index in [-0.39, 0.29) is 29.8 Å². The molecule has 7 heteroatoms. The van der Waals surface area contributed by atoms with Crippen LogP contribution in [-0.4, -0.2) is 26.7 Å². The minimum absolute atomic E-state index is 0.0249. The van der Waals surface area contributed by atoms with Crippen LogP contribution in [0.1, 0.15) is 18.5 Å². The molecule has 0 atom stereocenters. The van der Waals surface area contributed by atoms with Crippen LogP contribution >= 0.6 is 0 Å². The molecule has 0 saturated heterocycles. The Morgan fingerprint density at radius 3 is 3.11 bits per heavy atom. The molecule has 0 aromatic carbocycles. The Hall–Kier alpha value is -2.18. The number of rotatable bonds is 3. The van der Waals surface area contributed by atoms with Crippen LogP contribution in [0, 0.1) is 6.92 Å². The van der Waals surface area contributed by atoms with Gasteiger partial charge in [-0.2, -0.15) is 0 Å². The number of nitrogens with zero attached hydrogens (tertiary/aromatic N) is 3. The van der Waals surface area contributed by atoms with Gasteiger partial charge in [0.05, 0.1) is 5.69 Å². The molecule has 0 spiro atoms. The maximum Gasteiger partial charge on any atom is 0.267 e. The van der Waals surface area contributed by atoms with Crippen LogP contribution in [-0.2, 0) is 11.3 Å². The quantitative estimate of drug-likeness (QED) is 0.823. The van der Waals surface area contributed by atoms with Crippen molar-refractivity contribution in [2.75, 3.05) is 0 Å². The molecule has 1 saturated carbocycles. The monoisotopic (exact) mass is 248 g/mol. The topological polar surface area (TPSA) is 90.0 Å². The summed E-state index contributed by atoms with van der Waals surface area (Å²) in [6.07, 6.45) is 3.34. The number of aromatic nitrogens is 3. The third-order valence-electron chi connectivity index (χ3n) is 2.89. The number of aryl methyl sites for hydroxylation is 1. The molecule has 1 fully saturated rings. The van der Waals surface area contributed by atoms with E-state index in [1.54, 1.807) is 6.92 Å². The highest BCUT2D eigenvalue weighted by Crippen LogP contribution is 2.18. The molecule has 0 aliphatic heterocycles. The van der Waals surface area contributed by atoms with Crippen LogP contribution in [0.5, 0.6) is 0 Å². The summed E-state index contributed by atoms with van der Waals surface area (Å²) >= 11 is 0. The standard InChI is InChI=1S/C11H12N4O3/c1-6-9-10(18-14-6)12-5-15(11(9)17)4-8(16)13-7-2-3-7/h5,7H,2-4H2,1H3,(H,13,16). The lowest BCUT2D eigenvalue weighted by Gasteiger charge is -2.05. The van der Waals surface area contributed by atoms with E-state index in [1.807, 2.05) is 0 Å². The first-order chi connectivity index (χ1) is 8.65. The average molecular weight is 248 g/mol. The van der Waals surface area contributed by atoms with Crippen molar-refractivity contribution in [2.45, 2.75) is 32.4 Å². The lowest BCUT2D eigenvalue weighted by molar-refractivity contribution is -0.121. The highest BCUT2D eigenvalue weighted by Gasteiger charge is 2.23. The smallest absolute Gasteiger partial charge is 0.267 e. The van der Waals surface area contributed by atoms with Crippen molar-refractivity contribution in [3.05, 3.63) is 22.4 Å². The van der Waals surface area contributed by atoms with E-state index in [0.717, 1.165) is 12.8 Å². The molecule has 1 N–H and O–H groups in total. The van der Waals surface area contributed by atoms with Crippen LogP contribution in [0.2, 0.25) is 0 Å². The summed E-state index contributed by atoms with van der Waals surface area (Å²) in [5, 5.41) is 6.83. The van der Waals surface area contributed by atoms with Gasteiger partial charge in [-0.1, -0.05) is 5.16 Å². The first kappa shape index (κ1) is 10.9. The van der Waals surface area contributed by atoms with Gasteiger partial charge in [0.15, 0.2) is 0 Å². The van der Waals surface area contributed by atoms with Crippen LogP contribution in [0.4, 0.5) is 0 Å². The van der Waals surface area contributed by atoms with Gasteiger partial charge in [0.2, 0.25) is 5.91 Å². The van der Waals surface area contributed by atoms with Gasteiger partial charge in [0.1, 0.15) is 18.3 Å².